The number of aromatic amines is 1. The Kier molecular flexibility index (Phi) is 2.74. The SMILES string of the molecule is Brc1ccc2nc(C3CCCc4sccc43)[nH]c2c1. The molecule has 0 saturated heterocycles. The van der Waals surface area contributed by atoms with Gasteiger partial charge >= 0.3 is 0 Å². The van der Waals surface area contributed by atoms with Crippen LogP contribution >= 0.6 is 27.3 Å². The zero-order chi connectivity index (χ0) is 12.8. The highest BCUT2D eigenvalue weighted by molar-refractivity contribution is 9.10. The molecule has 19 heavy (non-hydrogen) atoms. The normalized spacial score (nSPS) is 18.7. The Morgan fingerprint density at radius 2 is 2.26 bits per heavy atom. The number of fused-ring (bicyclic) bond motifs is 2. The second-order valence-corrected chi connectivity index (χ2v) is 6.94. The fourth-order valence-electron chi connectivity index (χ4n) is 2.94. The maximum absolute atomic E-state index is 4.78. The van der Waals surface area contributed by atoms with Crippen LogP contribution in [0, 0.1) is 0 Å². The predicted octanol–water partition coefficient (Wildman–Crippen LogP) is 4.86. The number of nitrogens with one attached hydrogen (secondary N) is 1. The van der Waals surface area contributed by atoms with Crippen molar-refractivity contribution in [2.45, 2.75) is 25.2 Å². The lowest BCUT2D eigenvalue weighted by molar-refractivity contribution is 0.604. The van der Waals surface area contributed by atoms with Gasteiger partial charge in [0.15, 0.2) is 0 Å². The number of hydrogen-bond donors (Lipinski definition) is 1. The molecule has 96 valence electrons. The summed E-state index contributed by atoms with van der Waals surface area (Å²) < 4.78 is 1.09. The third kappa shape index (κ3) is 1.94. The Morgan fingerprint density at radius 3 is 3.21 bits per heavy atom. The van der Waals surface area contributed by atoms with Crippen LogP contribution in [0.2, 0.25) is 0 Å². The summed E-state index contributed by atoms with van der Waals surface area (Å²) in [7, 11) is 0. The molecule has 0 spiro atoms. The molecular weight excluding hydrogens is 320 g/mol. The predicted molar refractivity (Wildman–Crippen MR) is 82.9 cm³/mol. The summed E-state index contributed by atoms with van der Waals surface area (Å²) in [6.07, 6.45) is 3.69. The number of aryl methyl sites for hydroxylation is 1. The van der Waals surface area contributed by atoms with Crippen molar-refractivity contribution in [2.75, 3.05) is 0 Å². The van der Waals surface area contributed by atoms with Crippen LogP contribution in [0.1, 0.15) is 35.0 Å². The number of H-pyrrole nitrogens is 1. The highest BCUT2D eigenvalue weighted by atomic mass is 79.9. The highest BCUT2D eigenvalue weighted by Crippen LogP contribution is 2.38. The minimum Gasteiger partial charge on any atom is -0.341 e. The summed E-state index contributed by atoms with van der Waals surface area (Å²) in [4.78, 5) is 9.82. The Balaban J connectivity index is 1.83. The maximum Gasteiger partial charge on any atom is 0.114 e. The van der Waals surface area contributed by atoms with E-state index in [4.69, 9.17) is 4.98 Å². The van der Waals surface area contributed by atoms with E-state index in [2.05, 4.69) is 44.5 Å². The molecule has 1 aliphatic rings. The first kappa shape index (κ1) is 11.7. The number of imidazole rings is 1. The Bertz CT molecular complexity index is 744. The monoisotopic (exact) mass is 332 g/mol. The fourth-order valence-corrected chi connectivity index (χ4v) is 4.29. The van der Waals surface area contributed by atoms with Crippen LogP contribution in [0.4, 0.5) is 0 Å². The fraction of sp³-hybridized carbons (Fsp3) is 0.267. The molecule has 2 heterocycles. The van der Waals surface area contributed by atoms with Crippen LogP contribution in [0.25, 0.3) is 11.0 Å². The third-order valence-electron chi connectivity index (χ3n) is 3.84. The molecule has 4 heteroatoms. The lowest BCUT2D eigenvalue weighted by atomic mass is 9.87. The molecule has 0 bridgehead atoms. The summed E-state index contributed by atoms with van der Waals surface area (Å²) >= 11 is 5.40. The molecule has 0 saturated carbocycles. The summed E-state index contributed by atoms with van der Waals surface area (Å²) in [6.45, 7) is 0. The van der Waals surface area contributed by atoms with E-state index in [-0.39, 0.29) is 0 Å². The standard InChI is InChI=1S/C15H13BrN2S/c16-9-4-5-12-13(8-9)18-15(17-12)11-2-1-3-14-10(11)6-7-19-14/h4-8,11H,1-3H2,(H,17,18). The van der Waals surface area contributed by atoms with Gasteiger partial charge < -0.3 is 4.98 Å². The van der Waals surface area contributed by atoms with Crippen LogP contribution in [0.15, 0.2) is 34.1 Å². The molecule has 1 aliphatic carbocycles. The summed E-state index contributed by atoms with van der Waals surface area (Å²) in [5, 5.41) is 2.21. The first-order chi connectivity index (χ1) is 9.31. The van der Waals surface area contributed by atoms with Gasteiger partial charge in [-0.05, 0) is 54.5 Å². The van der Waals surface area contributed by atoms with E-state index in [1.54, 1.807) is 0 Å². The van der Waals surface area contributed by atoms with E-state index < -0.39 is 0 Å². The smallest absolute Gasteiger partial charge is 0.114 e. The minimum atomic E-state index is 0.446. The number of thiophene rings is 1. The van der Waals surface area contributed by atoms with E-state index in [1.807, 2.05) is 17.4 Å². The van der Waals surface area contributed by atoms with Crippen LogP contribution in [0.3, 0.4) is 0 Å². The van der Waals surface area contributed by atoms with Gasteiger partial charge in [0.1, 0.15) is 5.82 Å². The van der Waals surface area contributed by atoms with E-state index in [9.17, 15) is 0 Å². The Hall–Kier alpha value is -1.13. The van der Waals surface area contributed by atoms with Gasteiger partial charge in [-0.2, -0.15) is 0 Å². The number of halogens is 1. The van der Waals surface area contributed by atoms with Crippen LogP contribution < -0.4 is 0 Å². The molecule has 1 aromatic carbocycles. The summed E-state index contributed by atoms with van der Waals surface area (Å²) in [5.74, 6) is 1.56. The average molecular weight is 333 g/mol. The van der Waals surface area contributed by atoms with Crippen molar-refractivity contribution in [3.05, 3.63) is 50.4 Å². The van der Waals surface area contributed by atoms with E-state index in [1.165, 1.54) is 29.7 Å². The summed E-state index contributed by atoms with van der Waals surface area (Å²) in [6, 6.07) is 8.48. The molecule has 1 N–H and O–H groups in total. The number of rotatable bonds is 1. The van der Waals surface area contributed by atoms with Gasteiger partial charge in [-0.25, -0.2) is 4.98 Å². The topological polar surface area (TPSA) is 28.7 Å². The highest BCUT2D eigenvalue weighted by Gasteiger charge is 2.25. The Labute approximate surface area is 124 Å². The van der Waals surface area contributed by atoms with Crippen LogP contribution in [0.5, 0.6) is 0 Å². The van der Waals surface area contributed by atoms with Crippen LogP contribution in [-0.4, -0.2) is 9.97 Å². The van der Waals surface area contributed by atoms with Gasteiger partial charge in [-0.3, -0.25) is 0 Å². The quantitative estimate of drug-likeness (QED) is 0.677. The minimum absolute atomic E-state index is 0.446. The molecule has 2 nitrogen and oxygen atoms in total. The largest absolute Gasteiger partial charge is 0.341 e. The molecule has 1 atom stereocenters. The Morgan fingerprint density at radius 1 is 1.32 bits per heavy atom. The molecule has 3 aromatic rings. The molecule has 2 aromatic heterocycles. The lowest BCUT2D eigenvalue weighted by Gasteiger charge is -2.20. The van der Waals surface area contributed by atoms with Crippen molar-refractivity contribution < 1.29 is 0 Å². The van der Waals surface area contributed by atoms with Gasteiger partial charge in [0, 0.05) is 15.3 Å². The van der Waals surface area contributed by atoms with Crippen molar-refractivity contribution in [3.63, 3.8) is 0 Å². The molecule has 0 fully saturated rings. The van der Waals surface area contributed by atoms with E-state index in [0.717, 1.165) is 21.3 Å². The third-order valence-corrected chi connectivity index (χ3v) is 5.33. The van der Waals surface area contributed by atoms with Gasteiger partial charge in [0.25, 0.3) is 0 Å². The number of aromatic nitrogens is 2. The zero-order valence-electron chi connectivity index (χ0n) is 10.3. The second kappa shape index (κ2) is 4.46. The van der Waals surface area contributed by atoms with Crippen molar-refractivity contribution in [1.29, 1.82) is 0 Å². The maximum atomic E-state index is 4.78. The van der Waals surface area contributed by atoms with Gasteiger partial charge in [0.05, 0.1) is 11.0 Å². The van der Waals surface area contributed by atoms with Crippen molar-refractivity contribution in [3.8, 4) is 0 Å². The second-order valence-electron chi connectivity index (χ2n) is 5.03. The zero-order valence-corrected chi connectivity index (χ0v) is 12.7. The molecule has 0 amide bonds. The molecule has 1 unspecified atom stereocenters. The number of hydrogen-bond acceptors (Lipinski definition) is 2. The van der Waals surface area contributed by atoms with Gasteiger partial charge in [-0.1, -0.05) is 15.9 Å². The van der Waals surface area contributed by atoms with E-state index in [0.29, 0.717) is 5.92 Å². The number of benzene rings is 1. The van der Waals surface area contributed by atoms with Crippen molar-refractivity contribution >= 4 is 38.3 Å². The molecule has 0 radical (unpaired) electrons. The van der Waals surface area contributed by atoms with Crippen molar-refractivity contribution in [2.24, 2.45) is 0 Å². The summed E-state index contributed by atoms with van der Waals surface area (Å²) in [5.41, 5.74) is 3.65. The van der Waals surface area contributed by atoms with Gasteiger partial charge in [0.2, 0.25) is 0 Å². The number of nitrogens with zero attached hydrogens (tertiary/aromatic N) is 1. The molecule has 4 rings (SSSR count). The lowest BCUT2D eigenvalue weighted by Crippen LogP contribution is -2.09. The van der Waals surface area contributed by atoms with Crippen molar-refractivity contribution in [1.82, 2.24) is 9.97 Å². The average Bonchev–Trinajstić information content (AvgIpc) is 3.03. The molecule has 0 aliphatic heterocycles. The van der Waals surface area contributed by atoms with E-state index >= 15 is 0 Å². The van der Waals surface area contributed by atoms with Gasteiger partial charge in [-0.15, -0.1) is 11.3 Å². The first-order valence-electron chi connectivity index (χ1n) is 6.53. The van der Waals surface area contributed by atoms with Crippen LogP contribution in [-0.2, 0) is 6.42 Å². The first-order valence-corrected chi connectivity index (χ1v) is 8.20. The molecular formula is C15H13BrN2S.